The number of nitrogens with one attached hydrogen (secondary N) is 2. The van der Waals surface area contributed by atoms with Crippen molar-refractivity contribution >= 4 is 34.0 Å². The Morgan fingerprint density at radius 1 is 1.30 bits per heavy atom. The topological polar surface area (TPSA) is 65.4 Å². The molecule has 2 N–H and O–H groups in total. The van der Waals surface area contributed by atoms with Crippen LogP contribution in [0.4, 0.5) is 0 Å². The first-order valence-corrected chi connectivity index (χ1v) is 11.0. The fourth-order valence-electron chi connectivity index (χ4n) is 3.37. The predicted octanol–water partition coefficient (Wildman–Crippen LogP) is 6.74. The minimum Gasteiger partial charge on any atom is -0.342 e. The highest BCUT2D eigenvalue weighted by Crippen LogP contribution is 2.39. The van der Waals surface area contributed by atoms with Crippen LogP contribution in [-0.2, 0) is 0 Å². The molecule has 0 saturated carbocycles. The van der Waals surface area contributed by atoms with Crippen LogP contribution in [0.5, 0.6) is 0 Å². The van der Waals surface area contributed by atoms with Crippen molar-refractivity contribution in [3.63, 3.8) is 0 Å². The summed E-state index contributed by atoms with van der Waals surface area (Å²) >= 11 is 3.43. The maximum absolute atomic E-state index is 7.94. The third kappa shape index (κ3) is 4.12. The van der Waals surface area contributed by atoms with Crippen LogP contribution in [-0.4, -0.2) is 20.7 Å². The number of aromatic nitrogens is 3. The Morgan fingerprint density at radius 2 is 2.04 bits per heavy atom. The second kappa shape index (κ2) is 8.31. The Kier molecular flexibility index (Phi) is 6.07. The van der Waals surface area contributed by atoms with Gasteiger partial charge in [-0.25, -0.2) is 9.97 Å². The van der Waals surface area contributed by atoms with E-state index in [1.807, 2.05) is 24.6 Å². The number of thiazole rings is 1. The zero-order valence-corrected chi connectivity index (χ0v) is 18.1. The van der Waals surface area contributed by atoms with Crippen LogP contribution in [0.2, 0.25) is 0 Å². The summed E-state index contributed by atoms with van der Waals surface area (Å²) in [6, 6.07) is 2.20. The molecule has 27 heavy (non-hydrogen) atoms. The molecule has 0 fully saturated rings. The molecule has 0 bridgehead atoms. The summed E-state index contributed by atoms with van der Waals surface area (Å²) in [7, 11) is 0. The van der Waals surface area contributed by atoms with Gasteiger partial charge in [-0.15, -0.1) is 22.7 Å². The van der Waals surface area contributed by atoms with Gasteiger partial charge in [0, 0.05) is 33.4 Å². The van der Waals surface area contributed by atoms with Crippen molar-refractivity contribution in [2.45, 2.75) is 47.5 Å². The van der Waals surface area contributed by atoms with E-state index in [-0.39, 0.29) is 0 Å². The lowest BCUT2D eigenvalue weighted by molar-refractivity contribution is 0.620. The van der Waals surface area contributed by atoms with E-state index < -0.39 is 0 Å². The maximum atomic E-state index is 7.94. The van der Waals surface area contributed by atoms with Gasteiger partial charge in [-0.3, -0.25) is 0 Å². The highest BCUT2D eigenvalue weighted by Gasteiger charge is 2.20. The van der Waals surface area contributed by atoms with Crippen LogP contribution in [0.1, 0.15) is 50.0 Å². The van der Waals surface area contributed by atoms with E-state index in [2.05, 4.69) is 43.7 Å². The van der Waals surface area contributed by atoms with Crippen molar-refractivity contribution in [2.24, 2.45) is 5.92 Å². The number of nitrogens with zero attached hydrogens (tertiary/aromatic N) is 2. The van der Waals surface area contributed by atoms with E-state index in [0.29, 0.717) is 11.6 Å². The van der Waals surface area contributed by atoms with E-state index in [0.717, 1.165) is 40.6 Å². The van der Waals surface area contributed by atoms with Gasteiger partial charge < -0.3 is 10.4 Å². The molecule has 0 saturated heterocycles. The van der Waals surface area contributed by atoms with Gasteiger partial charge in [0.1, 0.15) is 10.8 Å². The predicted molar refractivity (Wildman–Crippen MR) is 118 cm³/mol. The molecule has 0 unspecified atom stereocenters. The Balaban J connectivity index is 2.05. The van der Waals surface area contributed by atoms with Gasteiger partial charge in [0.05, 0.1) is 10.6 Å². The SMILES string of the molecule is CCC(CC)/C(=C/C(C)=N)c1nc(-c2cc(-c3nccs3)sc2C)c(C)[nH]1. The van der Waals surface area contributed by atoms with Crippen LogP contribution >= 0.6 is 22.7 Å². The van der Waals surface area contributed by atoms with E-state index in [1.165, 1.54) is 15.3 Å². The molecule has 0 atom stereocenters. The molecule has 3 heterocycles. The first-order valence-electron chi connectivity index (χ1n) is 9.28. The molecule has 3 rings (SSSR count). The van der Waals surface area contributed by atoms with Crippen molar-refractivity contribution in [1.29, 1.82) is 5.41 Å². The number of H-pyrrole nitrogens is 1. The number of allylic oxidation sites excluding steroid dienone is 2. The van der Waals surface area contributed by atoms with Crippen LogP contribution < -0.4 is 0 Å². The van der Waals surface area contributed by atoms with E-state index >= 15 is 0 Å². The first kappa shape index (κ1) is 19.7. The van der Waals surface area contributed by atoms with Crippen LogP contribution in [0.3, 0.4) is 0 Å². The quantitative estimate of drug-likeness (QED) is 0.433. The maximum Gasteiger partial charge on any atom is 0.134 e. The highest BCUT2D eigenvalue weighted by atomic mass is 32.1. The zero-order valence-electron chi connectivity index (χ0n) is 16.5. The van der Waals surface area contributed by atoms with Crippen molar-refractivity contribution in [3.05, 3.63) is 40.1 Å². The summed E-state index contributed by atoms with van der Waals surface area (Å²) in [5.74, 6) is 1.29. The van der Waals surface area contributed by atoms with Gasteiger partial charge in [0.15, 0.2) is 0 Å². The number of hydrogen-bond donors (Lipinski definition) is 2. The fourth-order valence-corrected chi connectivity index (χ4v) is 5.10. The molecule has 0 aliphatic carbocycles. The highest BCUT2D eigenvalue weighted by molar-refractivity contribution is 7.21. The average molecular weight is 399 g/mol. The third-order valence-corrected chi connectivity index (χ3v) is 6.76. The normalized spacial score (nSPS) is 12.1. The number of rotatable bonds is 7. The summed E-state index contributed by atoms with van der Waals surface area (Å²) in [5, 5.41) is 11.0. The molecule has 0 spiro atoms. The Morgan fingerprint density at radius 3 is 2.63 bits per heavy atom. The van der Waals surface area contributed by atoms with Crippen LogP contribution in [0.15, 0.2) is 23.7 Å². The van der Waals surface area contributed by atoms with Gasteiger partial charge in [0.25, 0.3) is 0 Å². The lowest BCUT2D eigenvalue weighted by Crippen LogP contribution is -2.04. The molecule has 3 aromatic rings. The second-order valence-corrected chi connectivity index (χ2v) is 8.92. The molecular formula is C21H26N4S2. The first-order chi connectivity index (χ1) is 12.9. The molecule has 142 valence electrons. The van der Waals surface area contributed by atoms with Crippen molar-refractivity contribution < 1.29 is 0 Å². The Hall–Kier alpha value is -2.05. The van der Waals surface area contributed by atoms with Gasteiger partial charge in [-0.2, -0.15) is 0 Å². The minimum atomic E-state index is 0.401. The number of thiophene rings is 1. The Bertz CT molecular complexity index is 957. The van der Waals surface area contributed by atoms with E-state index in [1.54, 1.807) is 22.7 Å². The van der Waals surface area contributed by atoms with Gasteiger partial charge in [-0.1, -0.05) is 13.8 Å². The molecule has 4 nitrogen and oxygen atoms in total. The zero-order chi connectivity index (χ0) is 19.6. The number of aryl methyl sites for hydroxylation is 2. The molecule has 0 amide bonds. The molecule has 0 aliphatic rings. The van der Waals surface area contributed by atoms with Gasteiger partial charge >= 0.3 is 0 Å². The summed E-state index contributed by atoms with van der Waals surface area (Å²) in [6.45, 7) is 10.4. The van der Waals surface area contributed by atoms with Crippen LogP contribution in [0, 0.1) is 25.2 Å². The molecule has 0 aliphatic heterocycles. The van der Waals surface area contributed by atoms with Crippen molar-refractivity contribution in [2.75, 3.05) is 0 Å². The summed E-state index contributed by atoms with van der Waals surface area (Å²) in [6.07, 6.45) is 5.88. The van der Waals surface area contributed by atoms with Crippen LogP contribution in [0.25, 0.3) is 26.7 Å². The minimum absolute atomic E-state index is 0.401. The number of aromatic amines is 1. The van der Waals surface area contributed by atoms with Crippen molar-refractivity contribution in [3.8, 4) is 21.1 Å². The number of imidazole rings is 1. The van der Waals surface area contributed by atoms with E-state index in [4.69, 9.17) is 10.4 Å². The lowest BCUT2D eigenvalue weighted by Gasteiger charge is -2.15. The smallest absolute Gasteiger partial charge is 0.134 e. The third-order valence-electron chi connectivity index (χ3n) is 4.77. The molecule has 3 aromatic heterocycles. The molecular weight excluding hydrogens is 372 g/mol. The molecule has 6 heteroatoms. The lowest BCUT2D eigenvalue weighted by atomic mass is 9.92. The summed E-state index contributed by atoms with van der Waals surface area (Å²) in [5.41, 5.74) is 4.93. The average Bonchev–Trinajstić information content (AvgIpc) is 3.34. The monoisotopic (exact) mass is 398 g/mol. The van der Waals surface area contributed by atoms with Gasteiger partial charge in [-0.05, 0) is 57.2 Å². The Labute approximate surface area is 168 Å². The van der Waals surface area contributed by atoms with Crippen molar-refractivity contribution in [1.82, 2.24) is 15.0 Å². The summed E-state index contributed by atoms with van der Waals surface area (Å²) < 4.78 is 0. The molecule has 0 aromatic carbocycles. The van der Waals surface area contributed by atoms with Gasteiger partial charge in [0.2, 0.25) is 0 Å². The fraction of sp³-hybridized carbons (Fsp3) is 0.381. The van der Waals surface area contributed by atoms with E-state index in [9.17, 15) is 0 Å². The summed E-state index contributed by atoms with van der Waals surface area (Å²) in [4.78, 5) is 15.3. The largest absolute Gasteiger partial charge is 0.342 e. The number of hydrogen-bond acceptors (Lipinski definition) is 5. The molecule has 0 radical (unpaired) electrons. The standard InChI is InChI=1S/C21H26N4S2/c1-6-15(7-2)17(10-12(3)22)20-24-13(4)19(25-20)16-11-18(27-14(16)5)21-23-8-9-26-21/h8-11,15,22H,6-7H2,1-5H3,(H,24,25)/b17-10-,22-12?. The second-order valence-electron chi connectivity index (χ2n) is 6.77.